The Balaban J connectivity index is 2.33. The first-order chi connectivity index (χ1) is 10.2. The van der Waals surface area contributed by atoms with E-state index in [1.807, 2.05) is 12.1 Å². The maximum Gasteiger partial charge on any atom is 0.146 e. The monoisotopic (exact) mass is 293 g/mol. The molecule has 0 aliphatic carbocycles. The Hall–Kier alpha value is -1.13. The lowest BCUT2D eigenvalue weighted by Gasteiger charge is -2.34. The molecule has 1 heterocycles. The Morgan fingerprint density at radius 2 is 2.10 bits per heavy atom. The molecule has 1 fully saturated rings. The number of likely N-dealkylation sites (N-methyl/N-ethyl adjacent to an activating group) is 1. The number of benzene rings is 1. The second kappa shape index (κ2) is 7.76. The van der Waals surface area contributed by atoms with Crippen LogP contribution in [0.25, 0.3) is 0 Å². The molecule has 118 valence electrons. The summed E-state index contributed by atoms with van der Waals surface area (Å²) in [5, 5.41) is 3.32. The minimum Gasteiger partial charge on any atom is -0.365 e. The molecule has 1 atom stereocenters. The average Bonchev–Trinajstić information content (AvgIpc) is 2.66. The molecule has 2 rings (SSSR count). The largest absolute Gasteiger partial charge is 0.365 e. The van der Waals surface area contributed by atoms with Crippen LogP contribution in [0.1, 0.15) is 32.3 Å². The van der Waals surface area contributed by atoms with Gasteiger partial charge in [0, 0.05) is 25.7 Å². The van der Waals surface area contributed by atoms with Gasteiger partial charge in [0.15, 0.2) is 0 Å². The zero-order valence-electron chi connectivity index (χ0n) is 13.5. The molecule has 1 N–H and O–H groups in total. The number of anilines is 1. The lowest BCUT2D eigenvalue weighted by atomic mass is 10.1. The van der Waals surface area contributed by atoms with Crippen LogP contribution in [0.5, 0.6) is 0 Å². The number of para-hydroxylation sites is 1. The zero-order valence-corrected chi connectivity index (χ0v) is 13.5. The summed E-state index contributed by atoms with van der Waals surface area (Å²) in [5.74, 6) is -0.0894. The van der Waals surface area contributed by atoms with Gasteiger partial charge in [-0.05, 0) is 44.6 Å². The number of rotatable bonds is 5. The van der Waals surface area contributed by atoms with E-state index in [4.69, 9.17) is 0 Å². The molecule has 0 bridgehead atoms. The highest BCUT2D eigenvalue weighted by Gasteiger charge is 2.26. The van der Waals surface area contributed by atoms with Gasteiger partial charge in [-0.15, -0.1) is 0 Å². The van der Waals surface area contributed by atoms with Crippen LogP contribution in [0.3, 0.4) is 0 Å². The summed E-state index contributed by atoms with van der Waals surface area (Å²) in [5.41, 5.74) is 1.88. The highest BCUT2D eigenvalue weighted by atomic mass is 19.1. The molecule has 0 aromatic heterocycles. The van der Waals surface area contributed by atoms with Crippen LogP contribution in [0.2, 0.25) is 0 Å². The normalized spacial score (nSPS) is 20.6. The smallest absolute Gasteiger partial charge is 0.146 e. The second-order valence-corrected chi connectivity index (χ2v) is 5.90. The van der Waals surface area contributed by atoms with Crippen molar-refractivity contribution in [1.82, 2.24) is 10.2 Å². The first kappa shape index (κ1) is 16.2. The Kier molecular flexibility index (Phi) is 6.00. The van der Waals surface area contributed by atoms with Crippen LogP contribution >= 0.6 is 0 Å². The fraction of sp³-hybridized carbons (Fsp3) is 0.647. The van der Waals surface area contributed by atoms with Crippen molar-refractivity contribution in [2.24, 2.45) is 0 Å². The lowest BCUT2D eigenvalue weighted by Crippen LogP contribution is -2.41. The highest BCUT2D eigenvalue weighted by molar-refractivity contribution is 5.56. The molecular formula is C17H28FN3. The summed E-state index contributed by atoms with van der Waals surface area (Å²) in [6.45, 7) is 8.93. The molecule has 1 aromatic rings. The number of halogens is 1. The van der Waals surface area contributed by atoms with Crippen molar-refractivity contribution < 1.29 is 4.39 Å². The van der Waals surface area contributed by atoms with E-state index in [9.17, 15) is 4.39 Å². The third-order valence-corrected chi connectivity index (χ3v) is 4.30. The molecule has 0 spiro atoms. The summed E-state index contributed by atoms with van der Waals surface area (Å²) in [4.78, 5) is 4.66. The molecule has 21 heavy (non-hydrogen) atoms. The fourth-order valence-electron chi connectivity index (χ4n) is 3.17. The van der Waals surface area contributed by atoms with Crippen molar-refractivity contribution in [3.05, 3.63) is 29.6 Å². The van der Waals surface area contributed by atoms with Crippen molar-refractivity contribution in [2.45, 2.75) is 39.3 Å². The van der Waals surface area contributed by atoms with Gasteiger partial charge in [0.2, 0.25) is 0 Å². The van der Waals surface area contributed by atoms with Crippen molar-refractivity contribution in [3.63, 3.8) is 0 Å². The second-order valence-electron chi connectivity index (χ2n) is 5.90. The fourth-order valence-corrected chi connectivity index (χ4v) is 3.17. The van der Waals surface area contributed by atoms with Crippen LogP contribution < -0.4 is 10.2 Å². The van der Waals surface area contributed by atoms with Gasteiger partial charge in [-0.2, -0.15) is 0 Å². The van der Waals surface area contributed by atoms with Crippen LogP contribution in [-0.2, 0) is 6.54 Å². The summed E-state index contributed by atoms with van der Waals surface area (Å²) in [6.07, 6.45) is 2.13. The van der Waals surface area contributed by atoms with Crippen molar-refractivity contribution in [3.8, 4) is 0 Å². The van der Waals surface area contributed by atoms with Gasteiger partial charge in [0.05, 0.1) is 5.69 Å². The van der Waals surface area contributed by atoms with E-state index in [1.54, 1.807) is 6.07 Å². The van der Waals surface area contributed by atoms with Crippen LogP contribution in [0.4, 0.5) is 10.1 Å². The predicted octanol–water partition coefficient (Wildman–Crippen LogP) is 2.86. The highest BCUT2D eigenvalue weighted by Crippen LogP contribution is 2.29. The Morgan fingerprint density at radius 3 is 2.81 bits per heavy atom. The molecule has 4 heteroatoms. The van der Waals surface area contributed by atoms with Crippen LogP contribution in [0.15, 0.2) is 18.2 Å². The van der Waals surface area contributed by atoms with E-state index in [1.165, 1.54) is 0 Å². The van der Waals surface area contributed by atoms with Crippen LogP contribution in [-0.4, -0.2) is 44.2 Å². The van der Waals surface area contributed by atoms with Crippen molar-refractivity contribution in [1.29, 1.82) is 0 Å². The molecule has 0 radical (unpaired) electrons. The predicted molar refractivity (Wildman–Crippen MR) is 87.3 cm³/mol. The third-order valence-electron chi connectivity index (χ3n) is 4.30. The van der Waals surface area contributed by atoms with Crippen molar-refractivity contribution in [2.75, 3.05) is 38.1 Å². The molecule has 1 unspecified atom stereocenters. The minimum atomic E-state index is -0.0894. The average molecular weight is 293 g/mol. The summed E-state index contributed by atoms with van der Waals surface area (Å²) < 4.78 is 14.5. The summed E-state index contributed by atoms with van der Waals surface area (Å²) in [7, 11) is 2.16. The van der Waals surface area contributed by atoms with E-state index in [0.29, 0.717) is 6.04 Å². The number of hydrogen-bond acceptors (Lipinski definition) is 3. The maximum atomic E-state index is 14.5. The number of nitrogens with zero attached hydrogens (tertiary/aromatic N) is 2. The van der Waals surface area contributed by atoms with Gasteiger partial charge >= 0.3 is 0 Å². The third kappa shape index (κ3) is 3.95. The lowest BCUT2D eigenvalue weighted by molar-refractivity contribution is 0.327. The molecule has 1 aromatic carbocycles. The number of nitrogens with one attached hydrogen (secondary N) is 1. The molecule has 0 saturated carbocycles. The number of hydrogen-bond donors (Lipinski definition) is 1. The van der Waals surface area contributed by atoms with Gasteiger partial charge in [0.25, 0.3) is 0 Å². The zero-order chi connectivity index (χ0) is 15.2. The topological polar surface area (TPSA) is 18.5 Å². The SMILES string of the molecule is CCNCc1cccc(F)c1N1CCCN(C)CC1CC. The van der Waals surface area contributed by atoms with Gasteiger partial charge in [-0.1, -0.05) is 26.0 Å². The Morgan fingerprint density at radius 1 is 1.29 bits per heavy atom. The summed E-state index contributed by atoms with van der Waals surface area (Å²) in [6, 6.07) is 5.83. The molecule has 0 amide bonds. The quantitative estimate of drug-likeness (QED) is 0.900. The Labute approximate surface area is 128 Å². The van der Waals surface area contributed by atoms with E-state index in [-0.39, 0.29) is 5.82 Å². The van der Waals surface area contributed by atoms with E-state index >= 15 is 0 Å². The van der Waals surface area contributed by atoms with Crippen LogP contribution in [0, 0.1) is 5.82 Å². The molecule has 3 nitrogen and oxygen atoms in total. The molecular weight excluding hydrogens is 265 g/mol. The summed E-state index contributed by atoms with van der Waals surface area (Å²) >= 11 is 0. The molecule has 1 aliphatic rings. The van der Waals surface area contributed by atoms with Gasteiger partial charge in [0.1, 0.15) is 5.82 Å². The maximum absolute atomic E-state index is 14.5. The van der Waals surface area contributed by atoms with Gasteiger partial charge in [-0.25, -0.2) is 4.39 Å². The standard InChI is InChI=1S/C17H28FN3/c1-4-15-13-20(3)10-7-11-21(15)17-14(12-19-5-2)8-6-9-16(17)18/h6,8-9,15,19H,4-5,7,10-13H2,1-3H3. The first-order valence-corrected chi connectivity index (χ1v) is 8.10. The van der Waals surface area contributed by atoms with Gasteiger partial charge in [-0.3, -0.25) is 0 Å². The van der Waals surface area contributed by atoms with Crippen molar-refractivity contribution >= 4 is 5.69 Å². The van der Waals surface area contributed by atoms with E-state index in [2.05, 4.69) is 36.0 Å². The minimum absolute atomic E-state index is 0.0894. The molecule has 1 aliphatic heterocycles. The Bertz CT molecular complexity index is 450. The first-order valence-electron chi connectivity index (χ1n) is 8.10. The molecule has 1 saturated heterocycles. The van der Waals surface area contributed by atoms with E-state index in [0.717, 1.165) is 56.8 Å². The van der Waals surface area contributed by atoms with E-state index < -0.39 is 0 Å². The van der Waals surface area contributed by atoms with Gasteiger partial charge < -0.3 is 15.1 Å².